The van der Waals surface area contributed by atoms with E-state index in [4.69, 9.17) is 0 Å². The summed E-state index contributed by atoms with van der Waals surface area (Å²) in [5.74, 6) is -0.613. The lowest BCUT2D eigenvalue weighted by Gasteiger charge is -2.10. The third-order valence-electron chi connectivity index (χ3n) is 4.94. The quantitative estimate of drug-likeness (QED) is 0.564. The van der Waals surface area contributed by atoms with Gasteiger partial charge in [0.05, 0.1) is 16.7 Å². The van der Waals surface area contributed by atoms with Gasteiger partial charge in [-0.1, -0.05) is 36.4 Å². The van der Waals surface area contributed by atoms with Crippen molar-refractivity contribution in [1.82, 2.24) is 14.9 Å². The monoisotopic (exact) mass is 416 g/mol. The van der Waals surface area contributed by atoms with Crippen molar-refractivity contribution in [2.75, 3.05) is 6.54 Å². The fourth-order valence-electron chi connectivity index (χ4n) is 3.53. The first-order chi connectivity index (χ1) is 15.0. The molecule has 0 radical (unpaired) electrons. The molecule has 4 rings (SSSR count). The molecule has 1 aliphatic rings. The van der Waals surface area contributed by atoms with Gasteiger partial charge < -0.3 is 10.4 Å². The molecule has 8 nitrogen and oxygen atoms in total. The number of para-hydroxylation sites is 2. The standard InChI is InChI=1S/C23H20N4O4/c1-14(28)24-12-11-17-16-9-5-6-10-19(16)25-20(17)13-18-21(29)26-23(31)27(22(18)30)15-7-3-2-4-8-15/h2-10,13,30H,11-12H2,1H3,(H,24,28)(H,26,29,31)/b20-13-. The second-order valence-electron chi connectivity index (χ2n) is 7.04. The number of hydrogen-bond donors (Lipinski definition) is 3. The smallest absolute Gasteiger partial charge is 0.335 e. The van der Waals surface area contributed by atoms with E-state index in [-0.39, 0.29) is 11.5 Å². The second-order valence-corrected chi connectivity index (χ2v) is 7.04. The number of H-pyrrole nitrogens is 1. The molecule has 2 aromatic carbocycles. The Morgan fingerprint density at radius 1 is 1.13 bits per heavy atom. The van der Waals surface area contributed by atoms with Crippen molar-refractivity contribution in [3.63, 3.8) is 0 Å². The maximum absolute atomic E-state index is 12.5. The average molecular weight is 416 g/mol. The molecule has 0 saturated heterocycles. The van der Waals surface area contributed by atoms with Crippen LogP contribution in [0.4, 0.5) is 0 Å². The third kappa shape index (κ3) is 3.95. The number of allylic oxidation sites excluding steroid dienone is 1. The third-order valence-corrected chi connectivity index (χ3v) is 4.94. The summed E-state index contributed by atoms with van der Waals surface area (Å²) >= 11 is 0. The normalized spacial score (nSPS) is 13.7. The van der Waals surface area contributed by atoms with Gasteiger partial charge in [-0.15, -0.1) is 0 Å². The van der Waals surface area contributed by atoms with Gasteiger partial charge in [0.1, 0.15) is 5.56 Å². The van der Waals surface area contributed by atoms with Gasteiger partial charge in [-0.05, 0) is 36.3 Å². The van der Waals surface area contributed by atoms with Gasteiger partial charge in [0.15, 0.2) is 0 Å². The van der Waals surface area contributed by atoms with E-state index < -0.39 is 17.1 Å². The largest absolute Gasteiger partial charge is 0.494 e. The number of aromatic hydroxyl groups is 1. The highest BCUT2D eigenvalue weighted by molar-refractivity contribution is 5.77. The van der Waals surface area contributed by atoms with Crippen molar-refractivity contribution in [3.05, 3.63) is 97.3 Å². The predicted octanol–water partition coefficient (Wildman–Crippen LogP) is 0.583. The lowest BCUT2D eigenvalue weighted by Crippen LogP contribution is -2.30. The van der Waals surface area contributed by atoms with Crippen LogP contribution >= 0.6 is 0 Å². The molecule has 3 aromatic rings. The van der Waals surface area contributed by atoms with Crippen LogP contribution < -0.4 is 27.1 Å². The van der Waals surface area contributed by atoms with Crippen LogP contribution in [0.3, 0.4) is 0 Å². The molecule has 156 valence electrons. The van der Waals surface area contributed by atoms with E-state index in [0.717, 1.165) is 20.7 Å². The molecule has 2 heterocycles. The molecule has 0 bridgehead atoms. The van der Waals surface area contributed by atoms with Crippen molar-refractivity contribution in [2.45, 2.75) is 13.3 Å². The van der Waals surface area contributed by atoms with Crippen LogP contribution in [0, 0.1) is 0 Å². The summed E-state index contributed by atoms with van der Waals surface area (Å²) in [6, 6.07) is 16.0. The van der Waals surface area contributed by atoms with E-state index in [1.165, 1.54) is 13.0 Å². The Balaban J connectivity index is 1.86. The van der Waals surface area contributed by atoms with E-state index >= 15 is 0 Å². The van der Waals surface area contributed by atoms with E-state index in [1.54, 1.807) is 30.3 Å². The van der Waals surface area contributed by atoms with Crippen LogP contribution in [0.2, 0.25) is 0 Å². The molecule has 31 heavy (non-hydrogen) atoms. The number of aromatic nitrogens is 2. The number of benzene rings is 2. The number of fused-ring (bicyclic) bond motifs is 1. The minimum Gasteiger partial charge on any atom is -0.494 e. The van der Waals surface area contributed by atoms with Crippen molar-refractivity contribution in [3.8, 4) is 11.6 Å². The second kappa shape index (κ2) is 8.27. The number of rotatable bonds is 5. The van der Waals surface area contributed by atoms with Crippen LogP contribution in [-0.2, 0) is 4.79 Å². The molecule has 0 unspecified atom stereocenters. The zero-order valence-electron chi connectivity index (χ0n) is 16.8. The maximum atomic E-state index is 12.5. The van der Waals surface area contributed by atoms with E-state index in [2.05, 4.69) is 15.3 Å². The molecule has 8 heteroatoms. The lowest BCUT2D eigenvalue weighted by atomic mass is 10.1. The number of hydrogen-bond acceptors (Lipinski definition) is 5. The average Bonchev–Trinajstić information content (AvgIpc) is 3.09. The van der Waals surface area contributed by atoms with Crippen LogP contribution in [0.5, 0.6) is 5.88 Å². The first-order valence-corrected chi connectivity index (χ1v) is 9.73. The minimum absolute atomic E-state index is 0.0768. The Labute approximate surface area is 176 Å². The van der Waals surface area contributed by atoms with Gasteiger partial charge in [0.2, 0.25) is 11.8 Å². The Hall–Kier alpha value is -4.20. The van der Waals surface area contributed by atoms with E-state index in [1.807, 2.05) is 24.3 Å². The lowest BCUT2D eigenvalue weighted by molar-refractivity contribution is -0.118. The summed E-state index contributed by atoms with van der Waals surface area (Å²) in [6.07, 6.45) is 1.96. The van der Waals surface area contributed by atoms with Crippen LogP contribution in [-0.4, -0.2) is 27.1 Å². The molecule has 0 atom stereocenters. The van der Waals surface area contributed by atoms with Crippen LogP contribution in [0.15, 0.2) is 74.9 Å². The fraction of sp³-hybridized carbons (Fsp3) is 0.130. The highest BCUT2D eigenvalue weighted by atomic mass is 16.3. The Kier molecular flexibility index (Phi) is 5.36. The first-order valence-electron chi connectivity index (χ1n) is 9.73. The first kappa shape index (κ1) is 20.1. The highest BCUT2D eigenvalue weighted by Crippen LogP contribution is 2.24. The van der Waals surface area contributed by atoms with Crippen molar-refractivity contribution < 1.29 is 9.90 Å². The summed E-state index contributed by atoms with van der Waals surface area (Å²) in [5.41, 5.74) is 0.215. The number of nitrogens with zero attached hydrogens (tertiary/aromatic N) is 2. The summed E-state index contributed by atoms with van der Waals surface area (Å²) in [7, 11) is 0. The molecule has 1 amide bonds. The number of carbonyl (C=O) groups is 1. The topological polar surface area (TPSA) is 117 Å². The summed E-state index contributed by atoms with van der Waals surface area (Å²) in [5, 5.41) is 15.2. The molecule has 0 aliphatic carbocycles. The van der Waals surface area contributed by atoms with Crippen molar-refractivity contribution in [2.24, 2.45) is 4.99 Å². The van der Waals surface area contributed by atoms with E-state index in [9.17, 15) is 19.5 Å². The molecule has 1 aliphatic heterocycles. The van der Waals surface area contributed by atoms with Gasteiger partial charge >= 0.3 is 5.69 Å². The fourth-order valence-corrected chi connectivity index (χ4v) is 3.53. The predicted molar refractivity (Wildman–Crippen MR) is 116 cm³/mol. The highest BCUT2D eigenvalue weighted by Gasteiger charge is 2.18. The van der Waals surface area contributed by atoms with E-state index in [0.29, 0.717) is 24.4 Å². The Morgan fingerprint density at radius 3 is 2.58 bits per heavy atom. The molecule has 0 saturated carbocycles. The molecule has 0 spiro atoms. The maximum Gasteiger partial charge on any atom is 0.335 e. The van der Waals surface area contributed by atoms with Gasteiger partial charge in [-0.2, -0.15) is 0 Å². The Morgan fingerprint density at radius 2 is 1.84 bits per heavy atom. The number of aromatic amines is 1. The molecular weight excluding hydrogens is 396 g/mol. The summed E-state index contributed by atoms with van der Waals surface area (Å²) in [4.78, 5) is 43.0. The van der Waals surface area contributed by atoms with Crippen molar-refractivity contribution >= 4 is 17.6 Å². The van der Waals surface area contributed by atoms with Crippen molar-refractivity contribution in [1.29, 1.82) is 0 Å². The number of nitrogens with one attached hydrogen (secondary N) is 2. The van der Waals surface area contributed by atoms with Gasteiger partial charge in [0.25, 0.3) is 5.56 Å². The Bertz CT molecular complexity index is 1430. The zero-order chi connectivity index (χ0) is 22.0. The molecular formula is C23H20N4O4. The summed E-state index contributed by atoms with van der Waals surface area (Å²) in [6.45, 7) is 1.84. The number of carbonyl (C=O) groups excluding carboxylic acids is 1. The molecule has 0 fully saturated rings. The van der Waals surface area contributed by atoms with Gasteiger partial charge in [-0.25, -0.2) is 14.4 Å². The summed E-state index contributed by atoms with van der Waals surface area (Å²) < 4.78 is 1.03. The zero-order valence-corrected chi connectivity index (χ0v) is 16.8. The number of amides is 1. The SMILES string of the molecule is CC(=O)NCCC1=c2ccccc2=N/C1=C\c1c(O)n(-c2ccccc2)c(=O)[nH]c1=O. The minimum atomic E-state index is -0.739. The molecule has 3 N–H and O–H groups in total. The van der Waals surface area contributed by atoms with Crippen LogP contribution in [0.25, 0.3) is 17.3 Å². The van der Waals surface area contributed by atoms with Gasteiger partial charge in [0, 0.05) is 18.7 Å². The van der Waals surface area contributed by atoms with Gasteiger partial charge in [-0.3, -0.25) is 14.6 Å². The van der Waals surface area contributed by atoms with Crippen LogP contribution in [0.1, 0.15) is 18.9 Å². The molecule has 1 aromatic heterocycles.